The number of pyridine rings is 1. The first kappa shape index (κ1) is 21.7. The van der Waals surface area contributed by atoms with Crippen molar-refractivity contribution in [2.45, 2.75) is 32.9 Å². The summed E-state index contributed by atoms with van der Waals surface area (Å²) in [5.41, 5.74) is 7.79. The van der Waals surface area contributed by atoms with Gasteiger partial charge in [0.2, 0.25) is 0 Å². The van der Waals surface area contributed by atoms with Gasteiger partial charge in [0.1, 0.15) is 0 Å². The molecule has 0 radical (unpaired) electrons. The Hall–Kier alpha value is -3.15. The molecule has 1 saturated heterocycles. The number of hydrogen-bond donors (Lipinski definition) is 1. The van der Waals surface area contributed by atoms with E-state index in [9.17, 15) is 0 Å². The van der Waals surface area contributed by atoms with Crippen LogP contribution in [0.4, 0.5) is 5.69 Å². The van der Waals surface area contributed by atoms with Crippen molar-refractivity contribution in [1.29, 1.82) is 0 Å². The molecular formula is C27H25ClN4S. The molecule has 4 nitrogen and oxygen atoms in total. The molecule has 2 aromatic carbocycles. The van der Waals surface area contributed by atoms with Crippen LogP contribution in [0, 0.1) is 20.8 Å². The number of rotatable bonds is 4. The summed E-state index contributed by atoms with van der Waals surface area (Å²) in [7, 11) is 0. The quantitative estimate of drug-likeness (QED) is 0.338. The highest BCUT2D eigenvalue weighted by atomic mass is 35.5. The predicted octanol–water partition coefficient (Wildman–Crippen LogP) is 6.63. The molecule has 2 unspecified atom stereocenters. The first-order valence-corrected chi connectivity index (χ1v) is 11.7. The predicted molar refractivity (Wildman–Crippen MR) is 139 cm³/mol. The SMILES string of the molecule is Cc1cccc(N2C(=S)NC(c3ccccn3)C2c2cc(C)n(-c3cccc(Cl)c3)c2C)c1. The summed E-state index contributed by atoms with van der Waals surface area (Å²) in [5.74, 6) is 0. The van der Waals surface area contributed by atoms with Crippen LogP contribution in [0.5, 0.6) is 0 Å². The number of thiocarbonyl (C=S) groups is 1. The standard InChI is InChI=1S/C27H25ClN4S/c1-17-8-6-10-21(14-17)32-26(25(30-27(32)33)24-12-4-5-13-29-24)23-15-18(2)31(19(23)3)22-11-7-9-20(28)16-22/h4-16,25-26H,1-3H3,(H,30,33). The lowest BCUT2D eigenvalue weighted by Gasteiger charge is -2.28. The van der Waals surface area contributed by atoms with Gasteiger partial charge in [0.15, 0.2) is 5.11 Å². The molecule has 6 heteroatoms. The van der Waals surface area contributed by atoms with E-state index in [1.807, 2.05) is 36.5 Å². The monoisotopic (exact) mass is 472 g/mol. The van der Waals surface area contributed by atoms with E-state index in [1.165, 1.54) is 11.1 Å². The molecule has 0 spiro atoms. The van der Waals surface area contributed by atoms with Crippen molar-refractivity contribution < 1.29 is 0 Å². The van der Waals surface area contributed by atoms with Crippen LogP contribution < -0.4 is 10.2 Å². The smallest absolute Gasteiger partial charge is 0.174 e. The summed E-state index contributed by atoms with van der Waals surface area (Å²) in [6, 6.07) is 24.6. The topological polar surface area (TPSA) is 33.1 Å². The van der Waals surface area contributed by atoms with Crippen molar-refractivity contribution in [2.75, 3.05) is 4.90 Å². The molecule has 2 atom stereocenters. The van der Waals surface area contributed by atoms with Crippen LogP contribution in [0.3, 0.4) is 0 Å². The first-order chi connectivity index (χ1) is 15.9. The highest BCUT2D eigenvalue weighted by Crippen LogP contribution is 2.43. The van der Waals surface area contributed by atoms with E-state index in [1.54, 1.807) is 0 Å². The van der Waals surface area contributed by atoms with Crippen LogP contribution >= 0.6 is 23.8 Å². The summed E-state index contributed by atoms with van der Waals surface area (Å²) in [4.78, 5) is 6.90. The molecule has 2 aromatic heterocycles. The van der Waals surface area contributed by atoms with E-state index in [0.29, 0.717) is 5.11 Å². The second-order valence-corrected chi connectivity index (χ2v) is 9.30. The third-order valence-electron chi connectivity index (χ3n) is 6.23. The Balaban J connectivity index is 1.69. The normalized spacial score (nSPS) is 17.9. The second kappa shape index (κ2) is 8.65. The van der Waals surface area contributed by atoms with Crippen molar-refractivity contribution in [3.8, 4) is 5.69 Å². The van der Waals surface area contributed by atoms with E-state index in [2.05, 4.69) is 83.0 Å². The number of nitrogens with one attached hydrogen (secondary N) is 1. The maximum atomic E-state index is 6.32. The minimum absolute atomic E-state index is 0.0478. The number of nitrogens with zero attached hydrogens (tertiary/aromatic N) is 3. The third kappa shape index (κ3) is 3.92. The molecule has 166 valence electrons. The van der Waals surface area contributed by atoms with Gasteiger partial charge in [-0.05, 0) is 92.6 Å². The number of anilines is 1. The van der Waals surface area contributed by atoms with Gasteiger partial charge in [-0.25, -0.2) is 0 Å². The zero-order valence-electron chi connectivity index (χ0n) is 18.8. The van der Waals surface area contributed by atoms with Crippen LogP contribution in [0.25, 0.3) is 5.69 Å². The lowest BCUT2D eigenvalue weighted by Crippen LogP contribution is -2.29. The molecule has 3 heterocycles. The lowest BCUT2D eigenvalue weighted by atomic mass is 9.96. The maximum Gasteiger partial charge on any atom is 0.174 e. The molecule has 0 aliphatic carbocycles. The molecule has 5 rings (SSSR count). The number of aryl methyl sites for hydroxylation is 2. The maximum absolute atomic E-state index is 6.32. The highest BCUT2D eigenvalue weighted by molar-refractivity contribution is 7.80. The van der Waals surface area contributed by atoms with Crippen molar-refractivity contribution >= 4 is 34.6 Å². The van der Waals surface area contributed by atoms with E-state index < -0.39 is 0 Å². The van der Waals surface area contributed by atoms with Crippen LogP contribution in [-0.4, -0.2) is 14.7 Å². The summed E-state index contributed by atoms with van der Waals surface area (Å²) < 4.78 is 2.26. The largest absolute Gasteiger partial charge is 0.351 e. The van der Waals surface area contributed by atoms with Gasteiger partial charge in [-0.3, -0.25) is 4.98 Å². The fourth-order valence-corrected chi connectivity index (χ4v) is 5.36. The van der Waals surface area contributed by atoms with Gasteiger partial charge < -0.3 is 14.8 Å². The molecular weight excluding hydrogens is 448 g/mol. The van der Waals surface area contributed by atoms with E-state index in [-0.39, 0.29) is 12.1 Å². The lowest BCUT2D eigenvalue weighted by molar-refractivity contribution is 0.565. The fourth-order valence-electron chi connectivity index (χ4n) is 4.83. The highest BCUT2D eigenvalue weighted by Gasteiger charge is 2.42. The summed E-state index contributed by atoms with van der Waals surface area (Å²) in [6.45, 7) is 6.39. The van der Waals surface area contributed by atoms with Gasteiger partial charge in [0.05, 0.1) is 17.8 Å². The molecule has 1 fully saturated rings. The van der Waals surface area contributed by atoms with Crippen LogP contribution in [0.15, 0.2) is 79.0 Å². The van der Waals surface area contributed by atoms with E-state index >= 15 is 0 Å². The number of halogens is 1. The van der Waals surface area contributed by atoms with Gasteiger partial charge in [-0.15, -0.1) is 0 Å². The molecule has 0 saturated carbocycles. The molecule has 33 heavy (non-hydrogen) atoms. The zero-order chi connectivity index (χ0) is 23.1. The van der Waals surface area contributed by atoms with Gasteiger partial charge in [-0.1, -0.05) is 35.9 Å². The third-order valence-corrected chi connectivity index (χ3v) is 6.78. The molecule has 0 amide bonds. The van der Waals surface area contributed by atoms with Crippen LogP contribution in [0.2, 0.25) is 5.02 Å². The van der Waals surface area contributed by atoms with Gasteiger partial charge in [-0.2, -0.15) is 0 Å². The summed E-state index contributed by atoms with van der Waals surface area (Å²) in [5, 5.41) is 4.98. The Morgan fingerprint density at radius 1 is 0.909 bits per heavy atom. The van der Waals surface area contributed by atoms with Crippen molar-refractivity contribution in [3.05, 3.63) is 112 Å². The fraction of sp³-hybridized carbons (Fsp3) is 0.185. The molecule has 0 bridgehead atoms. The average Bonchev–Trinajstić information content (AvgIpc) is 3.29. The van der Waals surface area contributed by atoms with E-state index in [0.717, 1.165) is 33.5 Å². The Morgan fingerprint density at radius 3 is 2.42 bits per heavy atom. The Morgan fingerprint density at radius 2 is 1.70 bits per heavy atom. The number of aromatic nitrogens is 2. The Bertz CT molecular complexity index is 1330. The zero-order valence-corrected chi connectivity index (χ0v) is 20.4. The summed E-state index contributed by atoms with van der Waals surface area (Å²) >= 11 is 12.2. The van der Waals surface area contributed by atoms with Gasteiger partial charge in [0, 0.05) is 34.0 Å². The molecule has 1 N–H and O–H groups in total. The number of benzene rings is 2. The minimum Gasteiger partial charge on any atom is -0.351 e. The first-order valence-electron chi connectivity index (χ1n) is 11.0. The van der Waals surface area contributed by atoms with Gasteiger partial charge >= 0.3 is 0 Å². The summed E-state index contributed by atoms with van der Waals surface area (Å²) in [6.07, 6.45) is 1.84. The molecule has 4 aromatic rings. The molecule has 1 aliphatic rings. The van der Waals surface area contributed by atoms with E-state index in [4.69, 9.17) is 23.8 Å². The molecule has 1 aliphatic heterocycles. The van der Waals surface area contributed by atoms with Crippen molar-refractivity contribution in [3.63, 3.8) is 0 Å². The second-order valence-electron chi connectivity index (χ2n) is 8.48. The Kier molecular flexibility index (Phi) is 5.69. The van der Waals surface area contributed by atoms with Crippen LogP contribution in [-0.2, 0) is 0 Å². The minimum atomic E-state index is -0.0764. The van der Waals surface area contributed by atoms with Crippen molar-refractivity contribution in [2.24, 2.45) is 0 Å². The Labute approximate surface area is 204 Å². The van der Waals surface area contributed by atoms with Crippen molar-refractivity contribution in [1.82, 2.24) is 14.9 Å². The van der Waals surface area contributed by atoms with Crippen LogP contribution in [0.1, 0.15) is 40.3 Å². The average molecular weight is 473 g/mol. The number of hydrogen-bond acceptors (Lipinski definition) is 2. The van der Waals surface area contributed by atoms with Gasteiger partial charge in [0.25, 0.3) is 0 Å².